The molecule has 3 fully saturated rings. The summed E-state index contributed by atoms with van der Waals surface area (Å²) in [6.45, 7) is 0.536. The first kappa shape index (κ1) is 37.5. The Morgan fingerprint density at radius 2 is 1.66 bits per heavy atom. The van der Waals surface area contributed by atoms with Crippen LogP contribution in [0.4, 0.5) is 0 Å². The molecule has 2 aromatic carbocycles. The zero-order valence-corrected chi connectivity index (χ0v) is 30.0. The van der Waals surface area contributed by atoms with E-state index in [-0.39, 0.29) is 67.1 Å². The zero-order chi connectivity index (χ0) is 37.5. The monoisotopic (exact) mass is 746 g/mol. The number of amides is 4. The number of ether oxygens (including phenoxy) is 1. The fourth-order valence-electron chi connectivity index (χ4n) is 6.96. The maximum absolute atomic E-state index is 13.7. The molecular formula is C38H43ClN6O8. The molecule has 2 aliphatic heterocycles. The van der Waals surface area contributed by atoms with Crippen molar-refractivity contribution in [3.05, 3.63) is 76.9 Å². The number of halogens is 1. The number of carboxylic acid groups (broad SMARTS) is 1. The van der Waals surface area contributed by atoms with Gasteiger partial charge in [0.25, 0.3) is 11.8 Å². The number of likely N-dealkylation sites (tertiary alicyclic amines) is 2. The van der Waals surface area contributed by atoms with Crippen LogP contribution in [-0.2, 0) is 19.2 Å². The number of aromatic nitrogens is 2. The van der Waals surface area contributed by atoms with Gasteiger partial charge in [0.05, 0.1) is 5.69 Å². The molecule has 1 aliphatic carbocycles. The van der Waals surface area contributed by atoms with Crippen molar-refractivity contribution in [1.82, 2.24) is 30.2 Å². The van der Waals surface area contributed by atoms with E-state index < -0.39 is 36.5 Å². The van der Waals surface area contributed by atoms with Crippen molar-refractivity contribution in [3.8, 4) is 11.6 Å². The lowest BCUT2D eigenvalue weighted by atomic mass is 9.88. The van der Waals surface area contributed by atoms with E-state index in [1.807, 2.05) is 6.07 Å². The van der Waals surface area contributed by atoms with Crippen LogP contribution in [0.2, 0.25) is 5.02 Å². The van der Waals surface area contributed by atoms with Crippen LogP contribution in [0, 0.1) is 5.92 Å². The SMILES string of the molecule is O=C(O)CC[C@H](NC(=O)c1cc(OCC(=O)N2CCC[C@H]2C(=O)NC2CCC2)n(-c2ccccc2)n1)C(=O)N1CCC(C(=O)c2cccc(Cl)c2)CC1. The number of piperidine rings is 1. The molecule has 0 unspecified atom stereocenters. The number of aliphatic carboxylic acids is 1. The summed E-state index contributed by atoms with van der Waals surface area (Å²) in [6, 6.07) is 15.3. The van der Waals surface area contributed by atoms with Crippen molar-refractivity contribution in [3.63, 3.8) is 0 Å². The third kappa shape index (κ3) is 9.23. The van der Waals surface area contributed by atoms with Gasteiger partial charge in [-0.2, -0.15) is 5.10 Å². The Morgan fingerprint density at radius 3 is 2.34 bits per heavy atom. The lowest BCUT2D eigenvalue weighted by Gasteiger charge is -2.34. The molecule has 2 saturated heterocycles. The second kappa shape index (κ2) is 17.1. The van der Waals surface area contributed by atoms with E-state index in [9.17, 15) is 33.9 Å². The smallest absolute Gasteiger partial charge is 0.303 e. The van der Waals surface area contributed by atoms with Crippen LogP contribution in [0.25, 0.3) is 5.69 Å². The molecule has 4 amide bonds. The summed E-state index contributed by atoms with van der Waals surface area (Å²) in [5.74, 6) is -3.13. The van der Waals surface area contributed by atoms with Gasteiger partial charge in [0, 0.05) is 54.7 Å². The quantitative estimate of drug-likeness (QED) is 0.208. The highest BCUT2D eigenvalue weighted by atomic mass is 35.5. The Morgan fingerprint density at radius 1 is 0.906 bits per heavy atom. The van der Waals surface area contributed by atoms with Gasteiger partial charge < -0.3 is 30.3 Å². The number of para-hydroxylation sites is 1. The first-order chi connectivity index (χ1) is 25.6. The number of carboxylic acids is 1. The van der Waals surface area contributed by atoms with Crippen LogP contribution >= 0.6 is 11.6 Å². The Hall–Kier alpha value is -5.24. The molecule has 3 heterocycles. The molecule has 15 heteroatoms. The van der Waals surface area contributed by atoms with E-state index in [0.29, 0.717) is 48.5 Å². The summed E-state index contributed by atoms with van der Waals surface area (Å²) in [5, 5.41) is 20.0. The molecule has 3 N–H and O–H groups in total. The van der Waals surface area contributed by atoms with Gasteiger partial charge in [-0.3, -0.25) is 28.8 Å². The van der Waals surface area contributed by atoms with Gasteiger partial charge in [-0.15, -0.1) is 0 Å². The van der Waals surface area contributed by atoms with Crippen LogP contribution in [0.15, 0.2) is 60.7 Å². The topological polar surface area (TPSA) is 180 Å². The molecule has 0 radical (unpaired) electrons. The first-order valence-electron chi connectivity index (χ1n) is 18.1. The number of nitrogens with zero attached hydrogens (tertiary/aromatic N) is 4. The Balaban J connectivity index is 1.12. The predicted molar refractivity (Wildman–Crippen MR) is 193 cm³/mol. The van der Waals surface area contributed by atoms with Gasteiger partial charge in [0.15, 0.2) is 18.1 Å². The van der Waals surface area contributed by atoms with E-state index in [2.05, 4.69) is 15.7 Å². The number of nitrogens with one attached hydrogen (secondary N) is 2. The molecule has 1 saturated carbocycles. The molecule has 53 heavy (non-hydrogen) atoms. The predicted octanol–water partition coefficient (Wildman–Crippen LogP) is 3.65. The molecule has 2 atom stereocenters. The Kier molecular flexibility index (Phi) is 12.1. The van der Waals surface area contributed by atoms with E-state index in [1.165, 1.54) is 20.5 Å². The third-order valence-corrected chi connectivity index (χ3v) is 10.4. The van der Waals surface area contributed by atoms with Crippen LogP contribution in [0.3, 0.4) is 0 Å². The lowest BCUT2D eigenvalue weighted by molar-refractivity contribution is -0.140. The van der Waals surface area contributed by atoms with Crippen molar-refractivity contribution >= 4 is 47.0 Å². The highest BCUT2D eigenvalue weighted by Crippen LogP contribution is 2.26. The van der Waals surface area contributed by atoms with Gasteiger partial charge in [0.1, 0.15) is 12.1 Å². The van der Waals surface area contributed by atoms with E-state index in [0.717, 1.165) is 19.3 Å². The second-order valence-electron chi connectivity index (χ2n) is 13.7. The average Bonchev–Trinajstić information content (AvgIpc) is 3.82. The molecule has 3 aliphatic rings. The summed E-state index contributed by atoms with van der Waals surface area (Å²) in [6.07, 6.45) is 4.50. The summed E-state index contributed by atoms with van der Waals surface area (Å²) in [5.41, 5.74) is 0.930. The molecule has 14 nitrogen and oxygen atoms in total. The van der Waals surface area contributed by atoms with Crippen LogP contribution < -0.4 is 15.4 Å². The van der Waals surface area contributed by atoms with E-state index in [1.54, 1.807) is 48.5 Å². The average molecular weight is 747 g/mol. The molecule has 0 bridgehead atoms. The standard InChI is InChI=1S/C38H43ClN6O8/c39-26-8-4-7-25(21-26)35(49)24-16-19-43(20-17-24)38(52)29(14-15-34(47)48)41-36(50)30-22-33(45(42-30)28-11-2-1-3-12-28)53-23-32(46)44-18-6-13-31(44)37(51)40-27-9-5-10-27/h1-4,7-8,11-12,21-22,24,27,29,31H,5-6,9-10,13-20,23H2,(H,40,51)(H,41,50)(H,47,48)/t29-,31-/m0/s1. The lowest BCUT2D eigenvalue weighted by Crippen LogP contribution is -2.51. The Labute approximate surface area is 311 Å². The van der Waals surface area contributed by atoms with Crippen molar-refractivity contribution in [1.29, 1.82) is 0 Å². The first-order valence-corrected chi connectivity index (χ1v) is 18.4. The van der Waals surface area contributed by atoms with Crippen LogP contribution in [0.1, 0.15) is 78.6 Å². The highest BCUT2D eigenvalue weighted by Gasteiger charge is 2.36. The van der Waals surface area contributed by atoms with Crippen LogP contribution in [0.5, 0.6) is 5.88 Å². The van der Waals surface area contributed by atoms with Crippen LogP contribution in [-0.4, -0.2) is 104 Å². The molecule has 0 spiro atoms. The molecule has 3 aromatic rings. The number of ketones is 1. The number of hydrogen-bond donors (Lipinski definition) is 3. The summed E-state index contributed by atoms with van der Waals surface area (Å²) in [7, 11) is 0. The number of rotatable bonds is 14. The minimum atomic E-state index is -1.18. The normalized spacial score (nSPS) is 18.2. The molecule has 1 aromatic heterocycles. The Bertz CT molecular complexity index is 1840. The van der Waals surface area contributed by atoms with Crippen molar-refractivity contribution in [2.75, 3.05) is 26.2 Å². The van der Waals surface area contributed by atoms with Gasteiger partial charge in [-0.1, -0.05) is 41.9 Å². The van der Waals surface area contributed by atoms with Crippen molar-refractivity contribution < 1.29 is 38.6 Å². The maximum Gasteiger partial charge on any atom is 0.303 e. The number of hydrogen-bond acceptors (Lipinski definition) is 8. The zero-order valence-electron chi connectivity index (χ0n) is 29.2. The minimum Gasteiger partial charge on any atom is -0.481 e. The minimum absolute atomic E-state index is 0.0567. The molecular weight excluding hydrogens is 704 g/mol. The number of carbonyl (C=O) groups is 6. The van der Waals surface area contributed by atoms with E-state index >= 15 is 0 Å². The number of Topliss-reactive ketones (excluding diaryl/α,β-unsaturated/α-hetero) is 1. The molecule has 6 rings (SSSR count). The van der Waals surface area contributed by atoms with Gasteiger partial charge in [0.2, 0.25) is 17.7 Å². The second-order valence-corrected chi connectivity index (χ2v) is 14.2. The van der Waals surface area contributed by atoms with Crippen molar-refractivity contribution in [2.24, 2.45) is 5.92 Å². The maximum atomic E-state index is 13.7. The largest absolute Gasteiger partial charge is 0.481 e. The summed E-state index contributed by atoms with van der Waals surface area (Å²) < 4.78 is 7.31. The number of benzene rings is 2. The van der Waals surface area contributed by atoms with Crippen molar-refractivity contribution in [2.45, 2.75) is 75.9 Å². The van der Waals surface area contributed by atoms with Gasteiger partial charge >= 0.3 is 5.97 Å². The summed E-state index contributed by atoms with van der Waals surface area (Å²) in [4.78, 5) is 81.3. The molecule has 280 valence electrons. The number of carbonyl (C=O) groups excluding carboxylic acids is 5. The summed E-state index contributed by atoms with van der Waals surface area (Å²) >= 11 is 6.07. The van der Waals surface area contributed by atoms with Gasteiger partial charge in [-0.25, -0.2) is 4.68 Å². The highest BCUT2D eigenvalue weighted by molar-refractivity contribution is 6.31. The third-order valence-electron chi connectivity index (χ3n) is 10.1. The van der Waals surface area contributed by atoms with Gasteiger partial charge in [-0.05, 0) is 75.6 Å². The van der Waals surface area contributed by atoms with E-state index in [4.69, 9.17) is 16.3 Å². The fourth-order valence-corrected chi connectivity index (χ4v) is 7.15. The fraction of sp³-hybridized carbons (Fsp3) is 0.447.